The van der Waals surface area contributed by atoms with Gasteiger partial charge in [-0.25, -0.2) is 0 Å². The van der Waals surface area contributed by atoms with E-state index in [1.807, 2.05) is 0 Å². The molecule has 0 aromatic heterocycles. The fraction of sp³-hybridized carbons (Fsp3) is 0.500. The molecule has 0 aromatic rings. The summed E-state index contributed by atoms with van der Waals surface area (Å²) >= 11 is 0. The van der Waals surface area contributed by atoms with Crippen LogP contribution >= 0.6 is 0 Å². The van der Waals surface area contributed by atoms with E-state index in [0.29, 0.717) is 0 Å². The van der Waals surface area contributed by atoms with Gasteiger partial charge in [-0.2, -0.15) is 0 Å². The van der Waals surface area contributed by atoms with Crippen molar-refractivity contribution in [2.75, 3.05) is 0 Å². The normalized spacial score (nSPS) is 12.9. The van der Waals surface area contributed by atoms with Crippen LogP contribution < -0.4 is 0 Å². The third kappa shape index (κ3) is 1.89. The first-order valence-electron chi connectivity index (χ1n) is 2.43. The Bertz CT molecular complexity index is 114. The summed E-state index contributed by atoms with van der Waals surface area (Å²) in [5.41, 5.74) is 0.269. The van der Waals surface area contributed by atoms with Crippen LogP contribution in [0, 0.1) is 0 Å². The molecule has 0 saturated heterocycles. The van der Waals surface area contributed by atoms with Crippen LogP contribution in [0.1, 0.15) is 13.8 Å². The number of aliphatic hydroxyl groups excluding tert-OH is 1. The highest BCUT2D eigenvalue weighted by Gasteiger charge is 2.04. The molecule has 0 spiro atoms. The molecule has 8 heavy (non-hydrogen) atoms. The third-order valence-electron chi connectivity index (χ3n) is 0.957. The summed E-state index contributed by atoms with van der Waals surface area (Å²) in [5.74, 6) is -0.153. The first-order valence-corrected chi connectivity index (χ1v) is 2.43. The van der Waals surface area contributed by atoms with E-state index in [4.69, 9.17) is 5.11 Å². The number of ketones is 1. The number of hydrogen-bond donors (Lipinski definition) is 1. The van der Waals surface area contributed by atoms with E-state index in [9.17, 15) is 4.79 Å². The minimum absolute atomic E-state index is 0.153. The van der Waals surface area contributed by atoms with Gasteiger partial charge in [-0.05, 0) is 13.8 Å². The van der Waals surface area contributed by atoms with Crippen LogP contribution in [0.3, 0.4) is 0 Å². The highest BCUT2D eigenvalue weighted by atomic mass is 16.3. The standard InChI is InChI=1S/C6H10O2/c1-4(5(2)7)6(3)8/h5,7H,1H2,2-3H3/t5-/m0/s1. The van der Waals surface area contributed by atoms with Crippen molar-refractivity contribution >= 4 is 5.78 Å². The molecule has 0 bridgehead atoms. The molecule has 2 nitrogen and oxygen atoms in total. The Morgan fingerprint density at radius 3 is 2.12 bits per heavy atom. The molecule has 1 atom stereocenters. The maximum atomic E-state index is 10.3. The van der Waals surface area contributed by atoms with Gasteiger partial charge in [0, 0.05) is 5.57 Å². The van der Waals surface area contributed by atoms with Gasteiger partial charge >= 0.3 is 0 Å². The number of hydrogen-bond acceptors (Lipinski definition) is 2. The second-order valence-corrected chi connectivity index (χ2v) is 1.76. The lowest BCUT2D eigenvalue weighted by atomic mass is 10.1. The number of Topliss-reactive ketones (excluding diaryl/α,β-unsaturated/α-hetero) is 1. The van der Waals surface area contributed by atoms with Gasteiger partial charge in [-0.15, -0.1) is 0 Å². The molecule has 0 heterocycles. The van der Waals surface area contributed by atoms with E-state index in [0.717, 1.165) is 0 Å². The van der Waals surface area contributed by atoms with E-state index in [-0.39, 0.29) is 11.4 Å². The zero-order valence-corrected chi connectivity index (χ0v) is 5.14. The molecular formula is C6H10O2. The van der Waals surface area contributed by atoms with Crippen molar-refractivity contribution in [3.63, 3.8) is 0 Å². The SMILES string of the molecule is C=C(C(C)=O)[C@H](C)O. The Kier molecular flexibility index (Phi) is 2.42. The highest BCUT2D eigenvalue weighted by molar-refractivity contribution is 5.93. The summed E-state index contributed by atoms with van der Waals surface area (Å²) in [5, 5.41) is 8.67. The minimum atomic E-state index is -0.701. The molecule has 0 aromatic carbocycles. The molecule has 0 amide bonds. The number of rotatable bonds is 2. The van der Waals surface area contributed by atoms with Crippen molar-refractivity contribution < 1.29 is 9.90 Å². The highest BCUT2D eigenvalue weighted by Crippen LogP contribution is 1.97. The third-order valence-corrected chi connectivity index (χ3v) is 0.957. The van der Waals surface area contributed by atoms with Crippen molar-refractivity contribution in [1.82, 2.24) is 0 Å². The summed E-state index contributed by atoms with van der Waals surface area (Å²) in [6.45, 7) is 6.26. The quantitative estimate of drug-likeness (QED) is 0.531. The van der Waals surface area contributed by atoms with Crippen molar-refractivity contribution in [2.45, 2.75) is 20.0 Å². The van der Waals surface area contributed by atoms with Crippen LogP contribution in [0.15, 0.2) is 12.2 Å². The summed E-state index contributed by atoms with van der Waals surface area (Å²) in [7, 11) is 0. The van der Waals surface area contributed by atoms with Crippen LogP contribution in [0.25, 0.3) is 0 Å². The second-order valence-electron chi connectivity index (χ2n) is 1.76. The molecule has 2 heteroatoms. The average molecular weight is 114 g/mol. The largest absolute Gasteiger partial charge is 0.389 e. The van der Waals surface area contributed by atoms with E-state index in [2.05, 4.69) is 6.58 Å². The average Bonchev–Trinajstić information content (AvgIpc) is 1.64. The lowest BCUT2D eigenvalue weighted by Gasteiger charge is -2.01. The summed E-state index contributed by atoms with van der Waals surface area (Å²) in [6.07, 6.45) is -0.701. The molecule has 0 fully saturated rings. The van der Waals surface area contributed by atoms with Crippen LogP contribution in [0.2, 0.25) is 0 Å². The predicted octanol–water partition coefficient (Wildman–Crippen LogP) is 0.512. The number of carbonyl (C=O) groups is 1. The van der Waals surface area contributed by atoms with Gasteiger partial charge in [-0.1, -0.05) is 6.58 Å². The lowest BCUT2D eigenvalue weighted by molar-refractivity contribution is -0.114. The van der Waals surface area contributed by atoms with Crippen LogP contribution in [0.4, 0.5) is 0 Å². The summed E-state index contributed by atoms with van der Waals surface area (Å²) < 4.78 is 0. The topological polar surface area (TPSA) is 37.3 Å². The van der Waals surface area contributed by atoms with E-state index >= 15 is 0 Å². The maximum Gasteiger partial charge on any atom is 0.157 e. The fourth-order valence-electron chi connectivity index (χ4n) is 0.294. The fourth-order valence-corrected chi connectivity index (χ4v) is 0.294. The molecule has 46 valence electrons. The summed E-state index contributed by atoms with van der Waals surface area (Å²) in [6, 6.07) is 0. The molecular weight excluding hydrogens is 104 g/mol. The Balaban J connectivity index is 3.84. The van der Waals surface area contributed by atoms with Gasteiger partial charge in [0.2, 0.25) is 0 Å². The van der Waals surface area contributed by atoms with E-state index < -0.39 is 6.10 Å². The Hall–Kier alpha value is -0.630. The number of carbonyl (C=O) groups excluding carboxylic acids is 1. The molecule has 0 rings (SSSR count). The lowest BCUT2D eigenvalue weighted by Crippen LogP contribution is -2.09. The zero-order valence-electron chi connectivity index (χ0n) is 5.14. The van der Waals surface area contributed by atoms with Gasteiger partial charge in [-0.3, -0.25) is 4.79 Å². The first-order chi connectivity index (χ1) is 3.55. The molecule has 0 unspecified atom stereocenters. The van der Waals surface area contributed by atoms with E-state index in [1.165, 1.54) is 13.8 Å². The maximum absolute atomic E-state index is 10.3. The van der Waals surface area contributed by atoms with Crippen LogP contribution in [-0.2, 0) is 4.79 Å². The van der Waals surface area contributed by atoms with Gasteiger partial charge in [0.05, 0.1) is 6.10 Å². The Morgan fingerprint density at radius 1 is 1.75 bits per heavy atom. The van der Waals surface area contributed by atoms with Crippen molar-refractivity contribution in [2.24, 2.45) is 0 Å². The molecule has 0 radical (unpaired) electrons. The zero-order chi connectivity index (χ0) is 6.73. The van der Waals surface area contributed by atoms with Gasteiger partial charge in [0.25, 0.3) is 0 Å². The van der Waals surface area contributed by atoms with Crippen molar-refractivity contribution in [3.05, 3.63) is 12.2 Å². The second kappa shape index (κ2) is 2.62. The Labute approximate surface area is 48.8 Å². The monoisotopic (exact) mass is 114 g/mol. The smallest absolute Gasteiger partial charge is 0.157 e. The van der Waals surface area contributed by atoms with E-state index in [1.54, 1.807) is 0 Å². The molecule has 0 aliphatic heterocycles. The molecule has 0 aliphatic carbocycles. The summed E-state index contributed by atoms with van der Waals surface area (Å²) in [4.78, 5) is 10.3. The first kappa shape index (κ1) is 7.37. The van der Waals surface area contributed by atoms with Gasteiger partial charge in [0.15, 0.2) is 5.78 Å². The number of aliphatic hydroxyl groups is 1. The molecule has 0 saturated carbocycles. The van der Waals surface area contributed by atoms with Gasteiger partial charge < -0.3 is 5.11 Å². The van der Waals surface area contributed by atoms with Crippen LogP contribution in [0.5, 0.6) is 0 Å². The predicted molar refractivity (Wildman–Crippen MR) is 31.5 cm³/mol. The molecule has 1 N–H and O–H groups in total. The Morgan fingerprint density at radius 2 is 2.12 bits per heavy atom. The van der Waals surface area contributed by atoms with Gasteiger partial charge in [0.1, 0.15) is 0 Å². The minimum Gasteiger partial charge on any atom is -0.389 e. The van der Waals surface area contributed by atoms with Crippen molar-refractivity contribution in [1.29, 1.82) is 0 Å². The van der Waals surface area contributed by atoms with Crippen molar-refractivity contribution in [3.8, 4) is 0 Å². The van der Waals surface area contributed by atoms with Crippen LogP contribution in [-0.4, -0.2) is 17.0 Å². The molecule has 0 aliphatic rings.